The Morgan fingerprint density at radius 1 is 0.913 bits per heavy atom. The second-order valence-corrected chi connectivity index (χ2v) is 7.16. The van der Waals surface area contributed by atoms with Crippen molar-refractivity contribution in [3.63, 3.8) is 0 Å². The predicted octanol–water partition coefficient (Wildman–Crippen LogP) is -1.91. The van der Waals surface area contributed by atoms with Crippen LogP contribution in [0.2, 0.25) is 10.6 Å². The van der Waals surface area contributed by atoms with Crippen molar-refractivity contribution < 1.29 is 34.5 Å². The Morgan fingerprint density at radius 2 is 1.43 bits per heavy atom. The maximum atomic E-state index is 11.6. The summed E-state index contributed by atoms with van der Waals surface area (Å²) >= 11 is -0.194. The van der Waals surface area contributed by atoms with Gasteiger partial charge in [-0.2, -0.15) is 0 Å². The Morgan fingerprint density at radius 3 is 1.91 bits per heavy atom. The molecule has 132 valence electrons. The van der Waals surface area contributed by atoms with Gasteiger partial charge in [0, 0.05) is 0 Å². The third-order valence-electron chi connectivity index (χ3n) is 2.81. The summed E-state index contributed by atoms with van der Waals surface area (Å²) in [6.07, 6.45) is -0.0384. The summed E-state index contributed by atoms with van der Waals surface area (Å²) in [4.78, 5) is 43.7. The Balaban J connectivity index is 4.16. The Hall–Kier alpha value is -1.68. The monoisotopic (exact) mass is 399 g/mol. The molecule has 0 aliphatic carbocycles. The molecule has 0 radical (unpaired) electrons. The van der Waals surface area contributed by atoms with Crippen molar-refractivity contribution in [1.82, 2.24) is 5.32 Å². The number of nitrogens with one attached hydrogen (secondary N) is 1. The van der Waals surface area contributed by atoms with E-state index in [4.69, 9.17) is 26.8 Å². The molecule has 10 nitrogen and oxygen atoms in total. The first-order valence-corrected chi connectivity index (χ1v) is 9.14. The molecule has 2 unspecified atom stereocenters. The van der Waals surface area contributed by atoms with Gasteiger partial charge in [0.15, 0.2) is 0 Å². The summed E-state index contributed by atoms with van der Waals surface area (Å²) in [7, 11) is 0. The standard InChI is InChI=1S/C12H21N3O7Se/c13-6(10(17)18)1-2-9(16)15-8(12(21)22)5-23-4-3-7(14)11(19)20/h6-8H,1-5,13-14H2,(H,15,16)(H,17,18)(H,19,20)(H,21,22)/t6-,7?,8?/m0/s1. The summed E-state index contributed by atoms with van der Waals surface area (Å²) in [6, 6.07) is -3.25. The molecule has 0 aromatic heterocycles. The molecule has 0 saturated carbocycles. The van der Waals surface area contributed by atoms with E-state index in [2.05, 4.69) is 5.32 Å². The van der Waals surface area contributed by atoms with E-state index in [0.29, 0.717) is 5.32 Å². The summed E-state index contributed by atoms with van der Waals surface area (Å²) in [5, 5.41) is 29.2. The first-order chi connectivity index (χ1) is 10.6. The number of amides is 1. The van der Waals surface area contributed by atoms with E-state index in [1.165, 1.54) is 0 Å². The van der Waals surface area contributed by atoms with Crippen LogP contribution in [0.3, 0.4) is 0 Å². The SMILES string of the molecule is NC(CC[Se]CC(NC(=O)CC[C@H](N)C(=O)O)C(=O)O)C(=O)O. The van der Waals surface area contributed by atoms with E-state index < -0.39 is 41.9 Å². The molecular weight excluding hydrogens is 377 g/mol. The van der Waals surface area contributed by atoms with Crippen LogP contribution in [0, 0.1) is 0 Å². The van der Waals surface area contributed by atoms with Crippen molar-refractivity contribution in [2.75, 3.05) is 0 Å². The van der Waals surface area contributed by atoms with E-state index in [-0.39, 0.29) is 39.5 Å². The van der Waals surface area contributed by atoms with E-state index in [1.54, 1.807) is 0 Å². The molecule has 0 fully saturated rings. The summed E-state index contributed by atoms with van der Waals surface area (Å²) < 4.78 is 0. The van der Waals surface area contributed by atoms with Gasteiger partial charge < -0.3 is 0 Å². The molecule has 1 amide bonds. The van der Waals surface area contributed by atoms with Crippen LogP contribution in [-0.2, 0) is 19.2 Å². The van der Waals surface area contributed by atoms with Crippen molar-refractivity contribution in [3.8, 4) is 0 Å². The maximum absolute atomic E-state index is 11.6. The minimum atomic E-state index is -1.23. The third-order valence-corrected chi connectivity index (χ3v) is 5.10. The fourth-order valence-electron chi connectivity index (χ4n) is 1.39. The number of nitrogens with two attached hydrogens (primary N) is 2. The van der Waals surface area contributed by atoms with Gasteiger partial charge in [-0.3, -0.25) is 0 Å². The molecule has 0 heterocycles. The molecule has 23 heavy (non-hydrogen) atoms. The van der Waals surface area contributed by atoms with E-state index in [9.17, 15) is 19.2 Å². The minimum absolute atomic E-state index is 0.0912. The Bertz CT molecular complexity index is 446. The molecule has 3 atom stereocenters. The average Bonchev–Trinajstić information content (AvgIpc) is 2.46. The van der Waals surface area contributed by atoms with Crippen molar-refractivity contribution in [2.45, 2.75) is 48.0 Å². The number of aliphatic carboxylic acids is 3. The molecular formula is C12H21N3O7Se. The zero-order chi connectivity index (χ0) is 18.0. The van der Waals surface area contributed by atoms with Crippen LogP contribution in [0.1, 0.15) is 19.3 Å². The van der Waals surface area contributed by atoms with Crippen molar-refractivity contribution >= 4 is 38.8 Å². The zero-order valence-corrected chi connectivity index (χ0v) is 14.0. The Kier molecular flexibility index (Phi) is 10.1. The van der Waals surface area contributed by atoms with E-state index >= 15 is 0 Å². The summed E-state index contributed by atoms with van der Waals surface area (Å²) in [5.74, 6) is -4.14. The van der Waals surface area contributed by atoms with Crippen LogP contribution >= 0.6 is 0 Å². The van der Waals surface area contributed by atoms with E-state index in [1.807, 2.05) is 0 Å². The number of carboxylic acids is 3. The van der Waals surface area contributed by atoms with Crippen LogP contribution < -0.4 is 16.8 Å². The molecule has 11 heteroatoms. The number of carbonyl (C=O) groups is 4. The topological polar surface area (TPSA) is 193 Å². The van der Waals surface area contributed by atoms with Crippen molar-refractivity contribution in [3.05, 3.63) is 0 Å². The van der Waals surface area contributed by atoms with E-state index in [0.717, 1.165) is 0 Å². The van der Waals surface area contributed by atoms with Gasteiger partial charge >= 0.3 is 138 Å². The molecule has 0 aliphatic heterocycles. The van der Waals surface area contributed by atoms with Crippen LogP contribution in [0.4, 0.5) is 0 Å². The number of carbonyl (C=O) groups excluding carboxylic acids is 1. The summed E-state index contributed by atoms with van der Waals surface area (Å²) in [6.45, 7) is 0. The molecule has 0 spiro atoms. The molecule has 0 aromatic carbocycles. The van der Waals surface area contributed by atoms with Crippen LogP contribution in [-0.4, -0.2) is 72.2 Å². The number of rotatable bonds is 12. The molecule has 0 rings (SSSR count). The van der Waals surface area contributed by atoms with Gasteiger partial charge in [0.05, 0.1) is 0 Å². The van der Waals surface area contributed by atoms with Crippen LogP contribution in [0.25, 0.3) is 0 Å². The van der Waals surface area contributed by atoms with Gasteiger partial charge in [-0.25, -0.2) is 0 Å². The first kappa shape index (κ1) is 21.3. The molecule has 0 bridgehead atoms. The van der Waals surface area contributed by atoms with Crippen LogP contribution in [0.15, 0.2) is 0 Å². The van der Waals surface area contributed by atoms with Gasteiger partial charge in [-0.1, -0.05) is 0 Å². The quantitative estimate of drug-likeness (QED) is 0.161. The molecule has 0 saturated heterocycles. The molecule has 0 aromatic rings. The second kappa shape index (κ2) is 10.9. The average molecular weight is 398 g/mol. The normalized spacial score (nSPS) is 14.5. The number of hydrogen-bond donors (Lipinski definition) is 6. The fraction of sp³-hybridized carbons (Fsp3) is 0.667. The Labute approximate surface area is 138 Å². The van der Waals surface area contributed by atoms with Crippen molar-refractivity contribution in [2.24, 2.45) is 11.5 Å². The summed E-state index contributed by atoms with van der Waals surface area (Å²) in [5.41, 5.74) is 10.6. The number of carboxylic acid groups (broad SMARTS) is 3. The predicted molar refractivity (Wildman–Crippen MR) is 80.0 cm³/mol. The van der Waals surface area contributed by atoms with Gasteiger partial charge in [0.1, 0.15) is 0 Å². The number of hydrogen-bond acceptors (Lipinski definition) is 6. The molecule has 0 aliphatic rings. The first-order valence-electron chi connectivity index (χ1n) is 6.71. The van der Waals surface area contributed by atoms with Gasteiger partial charge in [0.2, 0.25) is 0 Å². The van der Waals surface area contributed by atoms with Crippen LogP contribution in [0.5, 0.6) is 0 Å². The van der Waals surface area contributed by atoms with Crippen molar-refractivity contribution in [1.29, 1.82) is 0 Å². The van der Waals surface area contributed by atoms with Gasteiger partial charge in [0.25, 0.3) is 0 Å². The molecule has 8 N–H and O–H groups in total. The second-order valence-electron chi connectivity index (χ2n) is 4.75. The zero-order valence-electron chi connectivity index (χ0n) is 12.3. The van der Waals surface area contributed by atoms with Gasteiger partial charge in [-0.05, 0) is 0 Å². The third kappa shape index (κ3) is 9.84. The van der Waals surface area contributed by atoms with Gasteiger partial charge in [-0.15, -0.1) is 0 Å². The fourth-order valence-corrected chi connectivity index (χ4v) is 3.59.